The summed E-state index contributed by atoms with van der Waals surface area (Å²) in [5, 5.41) is 3.97. The number of hydrogen-bond acceptors (Lipinski definition) is 10. The fourth-order valence-electron chi connectivity index (χ4n) is 3.70. The molecule has 208 valence electrons. The van der Waals surface area contributed by atoms with Crippen molar-refractivity contribution < 1.29 is 40.8 Å². The number of imidazole rings is 1. The summed E-state index contributed by atoms with van der Waals surface area (Å²) < 4.78 is 73.0. The van der Waals surface area contributed by atoms with Crippen LogP contribution < -0.4 is 0 Å². The van der Waals surface area contributed by atoms with Crippen LogP contribution in [0, 0.1) is 0 Å². The van der Waals surface area contributed by atoms with Crippen molar-refractivity contribution >= 4 is 38.6 Å². The Kier molecular flexibility index (Phi) is 7.31. The molecule has 0 saturated heterocycles. The van der Waals surface area contributed by atoms with E-state index in [9.17, 15) is 31.2 Å². The van der Waals surface area contributed by atoms with Crippen LogP contribution in [-0.2, 0) is 32.6 Å². The number of rotatable bonds is 7. The van der Waals surface area contributed by atoms with E-state index in [1.807, 2.05) is 0 Å². The molecule has 2 amide bonds. The van der Waals surface area contributed by atoms with Crippen LogP contribution in [-0.4, -0.2) is 73.6 Å². The number of sulfone groups is 1. The fraction of sp³-hybridized carbons (Fsp3) is 0.364. The molecule has 17 heteroatoms. The summed E-state index contributed by atoms with van der Waals surface area (Å²) in [6.07, 6.45) is -3.97. The Labute approximate surface area is 219 Å². The molecule has 0 spiro atoms. The van der Waals surface area contributed by atoms with Gasteiger partial charge in [-0.3, -0.25) is 9.63 Å². The number of halogens is 3. The average Bonchev–Trinajstić information content (AvgIpc) is 3.44. The van der Waals surface area contributed by atoms with Crippen LogP contribution in [0.2, 0.25) is 0 Å². The fourth-order valence-corrected chi connectivity index (χ4v) is 4.68. The van der Waals surface area contributed by atoms with Gasteiger partial charge in [-0.05, 0) is 26.0 Å². The topological polar surface area (TPSA) is 151 Å². The van der Waals surface area contributed by atoms with E-state index in [1.54, 1.807) is 0 Å². The zero-order chi connectivity index (χ0) is 28.7. The third kappa shape index (κ3) is 4.89. The number of amides is 2. The lowest BCUT2D eigenvalue weighted by atomic mass is 10.2. The Morgan fingerprint density at radius 2 is 1.82 bits per heavy atom. The van der Waals surface area contributed by atoms with E-state index in [4.69, 9.17) is 9.57 Å². The quantitative estimate of drug-likeness (QED) is 0.304. The highest BCUT2D eigenvalue weighted by atomic mass is 32.2. The third-order valence-electron chi connectivity index (χ3n) is 5.52. The summed E-state index contributed by atoms with van der Waals surface area (Å²) in [5.74, 6) is -1.54. The number of pyridine rings is 1. The summed E-state index contributed by atoms with van der Waals surface area (Å²) in [6, 6.07) is 1.97. The number of aromatic nitrogens is 6. The van der Waals surface area contributed by atoms with Gasteiger partial charge in [0.2, 0.25) is 0 Å². The zero-order valence-corrected chi connectivity index (χ0v) is 21.9. The maximum absolute atomic E-state index is 13.3. The predicted molar refractivity (Wildman–Crippen MR) is 128 cm³/mol. The van der Waals surface area contributed by atoms with Crippen molar-refractivity contribution in [3.8, 4) is 11.4 Å². The van der Waals surface area contributed by atoms with E-state index in [1.165, 1.54) is 44.6 Å². The molecular weight excluding hydrogens is 547 g/mol. The number of carbonyl (C=O) groups is 2. The SMILES string of the molecule is CCOC(=O)N(OCC)C(=O)c1ccnc2c(-c3nc4cc(C(F)(F)F)cnc4n3C)c(S(=O)(=O)CC)nn12. The van der Waals surface area contributed by atoms with Crippen LogP contribution in [0.3, 0.4) is 0 Å². The number of ether oxygens (including phenoxy) is 1. The number of hydroxylamine groups is 2. The second-order valence-corrected chi connectivity index (χ2v) is 10.1. The molecule has 4 aromatic heterocycles. The molecule has 4 aromatic rings. The van der Waals surface area contributed by atoms with Crippen LogP contribution in [0.1, 0.15) is 36.8 Å². The molecule has 0 bridgehead atoms. The van der Waals surface area contributed by atoms with Gasteiger partial charge in [0, 0.05) is 19.4 Å². The van der Waals surface area contributed by atoms with Gasteiger partial charge in [0.15, 0.2) is 26.2 Å². The minimum atomic E-state index is -4.68. The van der Waals surface area contributed by atoms with E-state index in [-0.39, 0.29) is 47.1 Å². The molecule has 0 fully saturated rings. The Balaban J connectivity index is 2.01. The minimum absolute atomic E-state index is 0.0364. The van der Waals surface area contributed by atoms with E-state index in [0.29, 0.717) is 11.3 Å². The van der Waals surface area contributed by atoms with Gasteiger partial charge in [-0.25, -0.2) is 32.7 Å². The molecule has 4 heterocycles. The number of carbonyl (C=O) groups excluding carboxylic acids is 2. The number of imide groups is 1. The molecule has 0 aliphatic carbocycles. The first-order chi connectivity index (χ1) is 18.3. The lowest BCUT2D eigenvalue weighted by molar-refractivity contribution is -0.137. The highest BCUT2D eigenvalue weighted by Crippen LogP contribution is 2.35. The van der Waals surface area contributed by atoms with Gasteiger partial charge in [0.25, 0.3) is 0 Å². The number of fused-ring (bicyclic) bond motifs is 2. The zero-order valence-electron chi connectivity index (χ0n) is 21.1. The summed E-state index contributed by atoms with van der Waals surface area (Å²) in [4.78, 5) is 43.0. The van der Waals surface area contributed by atoms with Crippen molar-refractivity contribution in [2.75, 3.05) is 19.0 Å². The van der Waals surface area contributed by atoms with Gasteiger partial charge in [0.05, 0.1) is 24.5 Å². The highest BCUT2D eigenvalue weighted by molar-refractivity contribution is 7.91. The molecular formula is C22H22F3N7O6S. The van der Waals surface area contributed by atoms with Crippen molar-refractivity contribution in [2.24, 2.45) is 7.05 Å². The monoisotopic (exact) mass is 569 g/mol. The maximum atomic E-state index is 13.3. The predicted octanol–water partition coefficient (Wildman–Crippen LogP) is 3.04. The number of hydrogen-bond donors (Lipinski definition) is 0. The molecule has 0 aromatic carbocycles. The highest BCUT2D eigenvalue weighted by Gasteiger charge is 2.35. The van der Waals surface area contributed by atoms with Crippen LogP contribution in [0.15, 0.2) is 29.6 Å². The van der Waals surface area contributed by atoms with Crippen molar-refractivity contribution in [3.63, 3.8) is 0 Å². The smallest absolute Gasteiger partial charge is 0.441 e. The molecule has 0 aliphatic rings. The van der Waals surface area contributed by atoms with Gasteiger partial charge in [-0.15, -0.1) is 5.06 Å². The normalized spacial score (nSPS) is 12.3. The molecule has 0 radical (unpaired) electrons. The van der Waals surface area contributed by atoms with Crippen LogP contribution in [0.5, 0.6) is 0 Å². The van der Waals surface area contributed by atoms with Gasteiger partial charge >= 0.3 is 18.2 Å². The van der Waals surface area contributed by atoms with E-state index in [2.05, 4.69) is 20.1 Å². The van der Waals surface area contributed by atoms with Crippen molar-refractivity contribution in [2.45, 2.75) is 32.0 Å². The van der Waals surface area contributed by atoms with Gasteiger partial charge in [-0.2, -0.15) is 18.3 Å². The number of alkyl halides is 3. The molecule has 0 saturated carbocycles. The molecule has 0 atom stereocenters. The third-order valence-corrected chi connectivity index (χ3v) is 7.15. The van der Waals surface area contributed by atoms with E-state index < -0.39 is 44.4 Å². The minimum Gasteiger partial charge on any atom is -0.448 e. The first-order valence-electron chi connectivity index (χ1n) is 11.5. The van der Waals surface area contributed by atoms with Gasteiger partial charge in [-0.1, -0.05) is 6.92 Å². The molecule has 0 unspecified atom stereocenters. The largest absolute Gasteiger partial charge is 0.448 e. The molecule has 4 rings (SSSR count). The first kappa shape index (κ1) is 27.9. The Morgan fingerprint density at radius 3 is 2.44 bits per heavy atom. The maximum Gasteiger partial charge on any atom is 0.441 e. The van der Waals surface area contributed by atoms with Gasteiger partial charge < -0.3 is 9.30 Å². The van der Waals surface area contributed by atoms with E-state index in [0.717, 1.165) is 10.6 Å². The first-order valence-corrected chi connectivity index (χ1v) is 13.2. The summed E-state index contributed by atoms with van der Waals surface area (Å²) in [6.45, 7) is 4.30. The number of nitrogens with zero attached hydrogens (tertiary/aromatic N) is 7. The second kappa shape index (κ2) is 10.2. The van der Waals surface area contributed by atoms with Crippen molar-refractivity contribution in [1.29, 1.82) is 0 Å². The molecule has 0 aliphatic heterocycles. The van der Waals surface area contributed by atoms with Gasteiger partial charge in [0.1, 0.15) is 22.6 Å². The lowest BCUT2D eigenvalue weighted by Gasteiger charge is -2.18. The van der Waals surface area contributed by atoms with Crippen molar-refractivity contribution in [3.05, 3.63) is 35.8 Å². The van der Waals surface area contributed by atoms with Crippen LogP contribution in [0.25, 0.3) is 28.2 Å². The standard InChI is InChI=1S/C22H22F3N7O6S/c1-5-37-21(34)32(38-6-2)20(33)14-8-9-26-17-15(19(29-31(14)17)39(35,36)7-3)18-28-13-10-12(22(23,24)25)11-27-16(13)30(18)4/h8-11H,5-7H2,1-4H3. The summed E-state index contributed by atoms with van der Waals surface area (Å²) >= 11 is 0. The molecule has 0 N–H and O–H groups in total. The summed E-state index contributed by atoms with van der Waals surface area (Å²) in [7, 11) is -2.66. The van der Waals surface area contributed by atoms with Crippen molar-refractivity contribution in [1.82, 2.24) is 34.2 Å². The van der Waals surface area contributed by atoms with Crippen LogP contribution in [0.4, 0.5) is 18.0 Å². The van der Waals surface area contributed by atoms with Crippen LogP contribution >= 0.6 is 0 Å². The Hall–Kier alpha value is -4.12. The Morgan fingerprint density at radius 1 is 1.10 bits per heavy atom. The Bertz CT molecular complexity index is 1700. The summed E-state index contributed by atoms with van der Waals surface area (Å²) in [5.41, 5.74) is -1.80. The molecule has 39 heavy (non-hydrogen) atoms. The number of aryl methyl sites for hydroxylation is 1. The lowest BCUT2D eigenvalue weighted by Crippen LogP contribution is -2.38. The average molecular weight is 570 g/mol. The van der Waals surface area contributed by atoms with E-state index >= 15 is 0 Å². The second-order valence-electron chi connectivity index (χ2n) is 7.92. The molecule has 13 nitrogen and oxygen atoms in total.